The van der Waals surface area contributed by atoms with Crippen LogP contribution in [0.3, 0.4) is 0 Å². The van der Waals surface area contributed by atoms with Crippen molar-refractivity contribution < 1.29 is 28.7 Å². The van der Waals surface area contributed by atoms with E-state index in [1.807, 2.05) is 19.1 Å². The predicted octanol–water partition coefficient (Wildman–Crippen LogP) is 5.70. The Hall–Kier alpha value is -3.89. The molecule has 0 spiro atoms. The molecule has 0 aliphatic carbocycles. The minimum atomic E-state index is -0.544. The molecule has 0 aromatic heterocycles. The zero-order chi connectivity index (χ0) is 27.2. The number of ether oxygens (including phenoxy) is 2. The van der Waals surface area contributed by atoms with Gasteiger partial charge in [0.05, 0.1) is 18.6 Å². The highest BCUT2D eigenvalue weighted by atomic mass is 79.9. The minimum absolute atomic E-state index is 0.187. The number of benzene rings is 3. The molecule has 1 fully saturated rings. The molecule has 4 rings (SSSR count). The van der Waals surface area contributed by atoms with Gasteiger partial charge in [-0.25, -0.2) is 0 Å². The lowest BCUT2D eigenvalue weighted by Gasteiger charge is -2.12. The van der Waals surface area contributed by atoms with Crippen LogP contribution in [0.15, 0.2) is 76.1 Å². The molecule has 3 aromatic carbocycles. The van der Waals surface area contributed by atoms with E-state index in [2.05, 4.69) is 21.2 Å². The van der Waals surface area contributed by atoms with Gasteiger partial charge in [-0.3, -0.25) is 24.1 Å². The molecule has 0 bridgehead atoms. The van der Waals surface area contributed by atoms with Gasteiger partial charge in [0.25, 0.3) is 17.1 Å². The summed E-state index contributed by atoms with van der Waals surface area (Å²) in [6.45, 7) is 1.39. The number of carbonyl (C=O) groups excluding carboxylic acids is 4. The number of amides is 3. The molecule has 1 heterocycles. The number of rotatable bonds is 9. The summed E-state index contributed by atoms with van der Waals surface area (Å²) in [5.41, 5.74) is 2.74. The highest BCUT2D eigenvalue weighted by molar-refractivity contribution is 9.10. The van der Waals surface area contributed by atoms with Crippen LogP contribution in [0.2, 0.25) is 0 Å². The SMILES string of the molecule is COc1cc(/C=C2/SC(=O)N(CC(=O)c3ccc(Br)cc3)C2=O)ccc1OCC(=O)Nc1ccc(C)cc1. The zero-order valence-corrected chi connectivity index (χ0v) is 22.9. The highest BCUT2D eigenvalue weighted by Gasteiger charge is 2.36. The fraction of sp³-hybridized carbons (Fsp3) is 0.143. The van der Waals surface area contributed by atoms with Crippen LogP contribution in [-0.4, -0.2) is 48.0 Å². The summed E-state index contributed by atoms with van der Waals surface area (Å²) >= 11 is 4.07. The minimum Gasteiger partial charge on any atom is -0.493 e. The first-order valence-electron chi connectivity index (χ1n) is 11.4. The number of hydrogen-bond acceptors (Lipinski definition) is 7. The summed E-state index contributed by atoms with van der Waals surface area (Å²) in [6.07, 6.45) is 1.55. The molecule has 0 unspecified atom stereocenters. The Morgan fingerprint density at radius 1 is 1.00 bits per heavy atom. The number of aryl methyl sites for hydroxylation is 1. The summed E-state index contributed by atoms with van der Waals surface area (Å²) in [5.74, 6) is -0.511. The number of Topliss-reactive ketones (excluding diaryl/α,β-unsaturated/α-hetero) is 1. The second kappa shape index (κ2) is 12.1. The summed E-state index contributed by atoms with van der Waals surface area (Å²) in [6, 6.07) is 19.0. The van der Waals surface area contributed by atoms with Gasteiger partial charge >= 0.3 is 0 Å². The van der Waals surface area contributed by atoms with E-state index in [9.17, 15) is 19.2 Å². The summed E-state index contributed by atoms with van der Waals surface area (Å²) in [5, 5.41) is 2.24. The molecular weight excluding hydrogens is 572 g/mol. The van der Waals surface area contributed by atoms with Gasteiger partial charge in [-0.1, -0.05) is 51.8 Å². The van der Waals surface area contributed by atoms with Gasteiger partial charge in [0.2, 0.25) is 0 Å². The monoisotopic (exact) mass is 594 g/mol. The molecule has 8 nitrogen and oxygen atoms in total. The molecule has 0 atom stereocenters. The topological polar surface area (TPSA) is 102 Å². The van der Waals surface area contributed by atoms with Gasteiger partial charge < -0.3 is 14.8 Å². The maximum absolute atomic E-state index is 12.9. The van der Waals surface area contributed by atoms with Crippen molar-refractivity contribution in [3.05, 3.63) is 92.8 Å². The number of thioether (sulfide) groups is 1. The number of nitrogens with zero attached hydrogens (tertiary/aromatic N) is 1. The van der Waals surface area contributed by atoms with Crippen LogP contribution < -0.4 is 14.8 Å². The van der Waals surface area contributed by atoms with Crippen molar-refractivity contribution in [2.24, 2.45) is 0 Å². The van der Waals surface area contributed by atoms with Gasteiger partial charge in [-0.15, -0.1) is 0 Å². The molecule has 194 valence electrons. The largest absolute Gasteiger partial charge is 0.493 e. The smallest absolute Gasteiger partial charge is 0.293 e. The second-order valence-electron chi connectivity index (χ2n) is 8.31. The predicted molar refractivity (Wildman–Crippen MR) is 149 cm³/mol. The molecule has 1 N–H and O–H groups in total. The fourth-order valence-corrected chi connectivity index (χ4v) is 4.63. The van der Waals surface area contributed by atoms with E-state index in [1.54, 1.807) is 60.7 Å². The van der Waals surface area contributed by atoms with Crippen molar-refractivity contribution in [3.63, 3.8) is 0 Å². The number of carbonyl (C=O) groups is 4. The normalized spacial score (nSPS) is 14.1. The third-order valence-electron chi connectivity index (χ3n) is 5.52. The average molecular weight is 595 g/mol. The Morgan fingerprint density at radius 3 is 2.39 bits per heavy atom. The Kier molecular flexibility index (Phi) is 8.65. The van der Waals surface area contributed by atoms with Crippen molar-refractivity contribution in [2.45, 2.75) is 6.92 Å². The van der Waals surface area contributed by atoms with E-state index < -0.39 is 11.1 Å². The Morgan fingerprint density at radius 2 is 1.71 bits per heavy atom. The number of halogens is 1. The van der Waals surface area contributed by atoms with Crippen molar-refractivity contribution in [1.82, 2.24) is 4.90 Å². The Bertz CT molecular complexity index is 1420. The molecule has 1 aliphatic heterocycles. The van der Waals surface area contributed by atoms with Crippen LogP contribution in [-0.2, 0) is 9.59 Å². The second-order valence-corrected chi connectivity index (χ2v) is 10.2. The number of ketones is 1. The highest BCUT2D eigenvalue weighted by Crippen LogP contribution is 2.34. The third kappa shape index (κ3) is 6.70. The summed E-state index contributed by atoms with van der Waals surface area (Å²) in [4.78, 5) is 51.3. The van der Waals surface area contributed by atoms with Crippen molar-refractivity contribution >= 4 is 62.3 Å². The van der Waals surface area contributed by atoms with Crippen LogP contribution in [0.1, 0.15) is 21.5 Å². The number of hydrogen-bond donors (Lipinski definition) is 1. The van der Waals surface area contributed by atoms with Crippen LogP contribution >= 0.6 is 27.7 Å². The quantitative estimate of drug-likeness (QED) is 0.250. The van der Waals surface area contributed by atoms with E-state index in [0.29, 0.717) is 28.3 Å². The molecular formula is C28H23BrN2O6S. The molecule has 38 heavy (non-hydrogen) atoms. The first-order valence-corrected chi connectivity index (χ1v) is 13.1. The van der Waals surface area contributed by atoms with Gasteiger partial charge in [0.15, 0.2) is 23.9 Å². The van der Waals surface area contributed by atoms with Gasteiger partial charge in [-0.2, -0.15) is 0 Å². The first-order chi connectivity index (χ1) is 18.2. The first kappa shape index (κ1) is 27.2. The molecule has 1 aliphatic rings. The Balaban J connectivity index is 1.40. The Labute approximate surface area is 232 Å². The lowest BCUT2D eigenvalue weighted by atomic mass is 10.1. The third-order valence-corrected chi connectivity index (χ3v) is 6.96. The molecule has 0 saturated carbocycles. The maximum atomic E-state index is 12.9. The summed E-state index contributed by atoms with van der Waals surface area (Å²) in [7, 11) is 1.46. The average Bonchev–Trinajstić information content (AvgIpc) is 3.16. The van der Waals surface area contributed by atoms with Crippen molar-refractivity contribution in [3.8, 4) is 11.5 Å². The number of imide groups is 1. The van der Waals surface area contributed by atoms with Gasteiger partial charge in [0.1, 0.15) is 0 Å². The van der Waals surface area contributed by atoms with E-state index in [1.165, 1.54) is 7.11 Å². The fourth-order valence-electron chi connectivity index (χ4n) is 3.53. The van der Waals surface area contributed by atoms with Crippen LogP contribution in [0, 0.1) is 6.92 Å². The lowest BCUT2D eigenvalue weighted by molar-refractivity contribution is -0.122. The lowest BCUT2D eigenvalue weighted by Crippen LogP contribution is -2.33. The van der Waals surface area contributed by atoms with Crippen LogP contribution in [0.25, 0.3) is 6.08 Å². The number of nitrogens with one attached hydrogen (secondary N) is 1. The molecule has 0 radical (unpaired) electrons. The van der Waals surface area contributed by atoms with Crippen LogP contribution in [0.4, 0.5) is 10.5 Å². The van der Waals surface area contributed by atoms with Crippen molar-refractivity contribution in [1.29, 1.82) is 0 Å². The van der Waals surface area contributed by atoms with E-state index >= 15 is 0 Å². The molecule has 3 amide bonds. The van der Waals surface area contributed by atoms with E-state index in [4.69, 9.17) is 9.47 Å². The maximum Gasteiger partial charge on any atom is 0.293 e. The molecule has 3 aromatic rings. The summed E-state index contributed by atoms with van der Waals surface area (Å²) < 4.78 is 11.8. The van der Waals surface area contributed by atoms with Crippen molar-refractivity contribution in [2.75, 3.05) is 25.6 Å². The van der Waals surface area contributed by atoms with E-state index in [0.717, 1.165) is 26.7 Å². The van der Waals surface area contributed by atoms with Gasteiger partial charge in [0, 0.05) is 15.7 Å². The van der Waals surface area contributed by atoms with E-state index in [-0.39, 0.29) is 29.7 Å². The zero-order valence-electron chi connectivity index (χ0n) is 20.5. The van der Waals surface area contributed by atoms with Gasteiger partial charge in [-0.05, 0) is 66.7 Å². The number of anilines is 1. The number of methoxy groups -OCH3 is 1. The molecule has 1 saturated heterocycles. The molecule has 10 heteroatoms. The standard InChI is InChI=1S/C28H23BrN2O6S/c1-17-3-10-21(11-4-17)30-26(33)16-37-23-12-5-18(13-24(23)36-2)14-25-27(34)31(28(35)38-25)15-22(32)19-6-8-20(29)9-7-19/h3-14H,15-16H2,1-2H3,(H,30,33)/b25-14+. The van der Waals surface area contributed by atoms with Crippen LogP contribution in [0.5, 0.6) is 11.5 Å².